The standard InChI is InChI=1S/C22H27ClN2O/c1-17-5-3-7-21(18(17)2)24-13-15-25(16-14-24)22(26)8-4-6-19-9-11-20(23)12-10-19/h3,5,7,9-12H,4,6,8,13-16H2,1-2H3. The smallest absolute Gasteiger partial charge is 0.222 e. The van der Waals surface area contributed by atoms with E-state index in [4.69, 9.17) is 11.6 Å². The van der Waals surface area contributed by atoms with Gasteiger partial charge in [0.1, 0.15) is 0 Å². The van der Waals surface area contributed by atoms with E-state index in [-0.39, 0.29) is 5.91 Å². The molecule has 0 spiro atoms. The summed E-state index contributed by atoms with van der Waals surface area (Å²) in [5.41, 5.74) is 5.21. The first kappa shape index (κ1) is 18.8. The van der Waals surface area contributed by atoms with Crippen LogP contribution in [0.15, 0.2) is 42.5 Å². The molecule has 2 aromatic carbocycles. The molecule has 1 aliphatic rings. The summed E-state index contributed by atoms with van der Waals surface area (Å²) in [6, 6.07) is 14.3. The highest BCUT2D eigenvalue weighted by Gasteiger charge is 2.21. The molecule has 1 amide bonds. The molecule has 26 heavy (non-hydrogen) atoms. The maximum atomic E-state index is 12.5. The SMILES string of the molecule is Cc1cccc(N2CCN(C(=O)CCCc3ccc(Cl)cc3)CC2)c1C. The Morgan fingerprint density at radius 3 is 2.38 bits per heavy atom. The van der Waals surface area contributed by atoms with Crippen LogP contribution in [0.25, 0.3) is 0 Å². The summed E-state index contributed by atoms with van der Waals surface area (Å²) in [6.07, 6.45) is 2.43. The Balaban J connectivity index is 1.46. The molecule has 0 aromatic heterocycles. The Bertz CT molecular complexity index is 749. The second-order valence-electron chi connectivity index (χ2n) is 7.07. The van der Waals surface area contributed by atoms with Crippen molar-refractivity contribution in [1.82, 2.24) is 4.90 Å². The van der Waals surface area contributed by atoms with Gasteiger partial charge in [-0.25, -0.2) is 0 Å². The summed E-state index contributed by atoms with van der Waals surface area (Å²) in [7, 11) is 0. The summed E-state index contributed by atoms with van der Waals surface area (Å²) in [6.45, 7) is 7.78. The number of amides is 1. The zero-order valence-corrected chi connectivity index (χ0v) is 16.4. The van der Waals surface area contributed by atoms with Crippen LogP contribution in [0.3, 0.4) is 0 Å². The summed E-state index contributed by atoms with van der Waals surface area (Å²) in [4.78, 5) is 16.9. The third-order valence-electron chi connectivity index (χ3n) is 5.32. The number of piperazine rings is 1. The van der Waals surface area contributed by atoms with Gasteiger partial charge in [-0.05, 0) is 61.6 Å². The molecule has 138 valence electrons. The minimum atomic E-state index is 0.277. The van der Waals surface area contributed by atoms with E-state index in [0.29, 0.717) is 6.42 Å². The molecule has 3 rings (SSSR count). The molecule has 1 heterocycles. The van der Waals surface area contributed by atoms with Crippen LogP contribution in [0, 0.1) is 13.8 Å². The van der Waals surface area contributed by atoms with Crippen LogP contribution in [0.5, 0.6) is 0 Å². The minimum Gasteiger partial charge on any atom is -0.368 e. The number of anilines is 1. The van der Waals surface area contributed by atoms with Crippen molar-refractivity contribution in [3.63, 3.8) is 0 Å². The quantitative estimate of drug-likeness (QED) is 0.766. The van der Waals surface area contributed by atoms with Crippen LogP contribution in [0.4, 0.5) is 5.69 Å². The highest BCUT2D eigenvalue weighted by Crippen LogP contribution is 2.24. The van der Waals surface area contributed by atoms with Crippen molar-refractivity contribution >= 4 is 23.2 Å². The average Bonchev–Trinajstić information content (AvgIpc) is 2.66. The molecule has 0 saturated carbocycles. The van der Waals surface area contributed by atoms with Crippen LogP contribution < -0.4 is 4.90 Å². The lowest BCUT2D eigenvalue weighted by Gasteiger charge is -2.37. The zero-order valence-electron chi connectivity index (χ0n) is 15.7. The summed E-state index contributed by atoms with van der Waals surface area (Å²) in [5.74, 6) is 0.277. The van der Waals surface area contributed by atoms with Gasteiger partial charge in [-0.1, -0.05) is 35.9 Å². The van der Waals surface area contributed by atoms with Gasteiger partial charge in [0.25, 0.3) is 0 Å². The molecule has 1 aliphatic heterocycles. The lowest BCUT2D eigenvalue weighted by molar-refractivity contribution is -0.131. The van der Waals surface area contributed by atoms with Crippen LogP contribution in [0.1, 0.15) is 29.5 Å². The van der Waals surface area contributed by atoms with Crippen molar-refractivity contribution < 1.29 is 4.79 Å². The molecule has 0 aliphatic carbocycles. The highest BCUT2D eigenvalue weighted by atomic mass is 35.5. The predicted molar refractivity (Wildman–Crippen MR) is 109 cm³/mol. The van der Waals surface area contributed by atoms with Crippen LogP contribution in [-0.4, -0.2) is 37.0 Å². The van der Waals surface area contributed by atoms with Gasteiger partial charge in [-0.3, -0.25) is 4.79 Å². The van der Waals surface area contributed by atoms with Gasteiger partial charge in [0, 0.05) is 43.3 Å². The topological polar surface area (TPSA) is 23.6 Å². The van der Waals surface area contributed by atoms with Crippen molar-refractivity contribution in [1.29, 1.82) is 0 Å². The number of benzene rings is 2. The van der Waals surface area contributed by atoms with E-state index in [1.165, 1.54) is 22.4 Å². The fourth-order valence-electron chi connectivity index (χ4n) is 3.53. The Hall–Kier alpha value is -2.00. The molecule has 0 bridgehead atoms. The third kappa shape index (κ3) is 4.59. The summed E-state index contributed by atoms with van der Waals surface area (Å²) < 4.78 is 0. The number of carbonyl (C=O) groups is 1. The minimum absolute atomic E-state index is 0.277. The van der Waals surface area contributed by atoms with E-state index in [1.54, 1.807) is 0 Å². The van der Waals surface area contributed by atoms with E-state index < -0.39 is 0 Å². The fourth-order valence-corrected chi connectivity index (χ4v) is 3.65. The molecule has 2 aromatic rings. The van der Waals surface area contributed by atoms with Crippen LogP contribution in [0.2, 0.25) is 5.02 Å². The third-order valence-corrected chi connectivity index (χ3v) is 5.57. The molecular weight excluding hydrogens is 344 g/mol. The summed E-state index contributed by atoms with van der Waals surface area (Å²) in [5, 5.41) is 0.756. The molecule has 0 N–H and O–H groups in total. The van der Waals surface area contributed by atoms with Crippen molar-refractivity contribution in [3.8, 4) is 0 Å². The molecule has 1 fully saturated rings. The first-order valence-corrected chi connectivity index (χ1v) is 9.76. The molecular formula is C22H27ClN2O. The number of aryl methyl sites for hydroxylation is 2. The molecule has 4 heteroatoms. The van der Waals surface area contributed by atoms with E-state index in [0.717, 1.165) is 44.0 Å². The molecule has 0 atom stereocenters. The molecule has 0 radical (unpaired) electrons. The Morgan fingerprint density at radius 1 is 1.00 bits per heavy atom. The van der Waals surface area contributed by atoms with Crippen LogP contribution >= 0.6 is 11.6 Å². The Kier molecular flexibility index (Phi) is 6.20. The molecule has 1 saturated heterocycles. The van der Waals surface area contributed by atoms with Gasteiger partial charge < -0.3 is 9.80 Å². The summed E-state index contributed by atoms with van der Waals surface area (Å²) >= 11 is 5.91. The highest BCUT2D eigenvalue weighted by molar-refractivity contribution is 6.30. The Morgan fingerprint density at radius 2 is 1.69 bits per heavy atom. The lowest BCUT2D eigenvalue weighted by Crippen LogP contribution is -2.49. The second kappa shape index (κ2) is 8.59. The largest absolute Gasteiger partial charge is 0.368 e. The van der Waals surface area contributed by atoms with E-state index >= 15 is 0 Å². The number of carbonyl (C=O) groups excluding carboxylic acids is 1. The van der Waals surface area contributed by atoms with Crippen molar-refractivity contribution in [2.75, 3.05) is 31.1 Å². The number of hydrogen-bond acceptors (Lipinski definition) is 2. The fraction of sp³-hybridized carbons (Fsp3) is 0.409. The maximum Gasteiger partial charge on any atom is 0.222 e. The zero-order chi connectivity index (χ0) is 18.5. The van der Waals surface area contributed by atoms with Gasteiger partial charge in [0.15, 0.2) is 0 Å². The number of halogens is 1. The van der Waals surface area contributed by atoms with Crippen LogP contribution in [-0.2, 0) is 11.2 Å². The van der Waals surface area contributed by atoms with Gasteiger partial charge in [0.2, 0.25) is 5.91 Å². The maximum absolute atomic E-state index is 12.5. The van der Waals surface area contributed by atoms with Crippen molar-refractivity contribution in [2.45, 2.75) is 33.1 Å². The second-order valence-corrected chi connectivity index (χ2v) is 7.50. The number of nitrogens with zero attached hydrogens (tertiary/aromatic N) is 2. The van der Waals surface area contributed by atoms with Gasteiger partial charge in [-0.2, -0.15) is 0 Å². The molecule has 0 unspecified atom stereocenters. The van der Waals surface area contributed by atoms with E-state index in [1.807, 2.05) is 29.2 Å². The Labute approximate surface area is 161 Å². The van der Waals surface area contributed by atoms with Crippen molar-refractivity contribution in [2.24, 2.45) is 0 Å². The van der Waals surface area contributed by atoms with Gasteiger partial charge in [0.05, 0.1) is 0 Å². The van der Waals surface area contributed by atoms with Gasteiger partial charge in [-0.15, -0.1) is 0 Å². The van der Waals surface area contributed by atoms with Crippen molar-refractivity contribution in [3.05, 3.63) is 64.2 Å². The normalized spacial score (nSPS) is 14.6. The first-order chi connectivity index (χ1) is 12.5. The van der Waals surface area contributed by atoms with E-state index in [2.05, 4.69) is 36.9 Å². The lowest BCUT2D eigenvalue weighted by atomic mass is 10.1. The monoisotopic (exact) mass is 370 g/mol. The predicted octanol–water partition coefficient (Wildman–Crippen LogP) is 4.63. The van der Waals surface area contributed by atoms with Gasteiger partial charge >= 0.3 is 0 Å². The number of hydrogen-bond donors (Lipinski definition) is 0. The molecule has 3 nitrogen and oxygen atoms in total. The average molecular weight is 371 g/mol. The van der Waals surface area contributed by atoms with E-state index in [9.17, 15) is 4.79 Å². The first-order valence-electron chi connectivity index (χ1n) is 9.38. The number of rotatable bonds is 5.